The van der Waals surface area contributed by atoms with Crippen molar-refractivity contribution in [3.8, 4) is 0 Å². The molecule has 2 N–H and O–H groups in total. The van der Waals surface area contributed by atoms with Gasteiger partial charge in [0.05, 0.1) is 5.56 Å². The summed E-state index contributed by atoms with van der Waals surface area (Å²) in [6.45, 7) is 3.11. The summed E-state index contributed by atoms with van der Waals surface area (Å²) in [5, 5.41) is 0. The number of anilines is 1. The van der Waals surface area contributed by atoms with E-state index in [1.807, 2.05) is 0 Å². The van der Waals surface area contributed by atoms with Crippen molar-refractivity contribution in [2.75, 3.05) is 31.9 Å². The summed E-state index contributed by atoms with van der Waals surface area (Å²) in [5.74, 6) is -0.0285. The van der Waals surface area contributed by atoms with Crippen LogP contribution < -0.4 is 5.73 Å². The largest absolute Gasteiger partial charge is 0.416 e. The molecule has 0 aromatic heterocycles. The van der Waals surface area contributed by atoms with Gasteiger partial charge in [0.1, 0.15) is 0 Å². The van der Waals surface area contributed by atoms with Crippen LogP contribution in [0.4, 0.5) is 18.9 Å². The summed E-state index contributed by atoms with van der Waals surface area (Å²) in [7, 11) is 0. The first kappa shape index (κ1) is 18.3. The van der Waals surface area contributed by atoms with Crippen LogP contribution in [0.25, 0.3) is 0 Å². The molecular weight excluding hydrogens is 343 g/mol. The fourth-order valence-corrected chi connectivity index (χ4v) is 2.97. The van der Waals surface area contributed by atoms with Crippen molar-refractivity contribution in [3.63, 3.8) is 0 Å². The Morgan fingerprint density at radius 1 is 0.923 bits per heavy atom. The maximum absolute atomic E-state index is 12.6. The third kappa shape index (κ3) is 4.35. The Morgan fingerprint density at radius 2 is 1.50 bits per heavy atom. The Morgan fingerprint density at radius 3 is 2.04 bits per heavy atom. The molecule has 0 aliphatic carbocycles. The molecular formula is C19H20F3N3O. The Bertz CT molecular complexity index is 749. The Labute approximate surface area is 150 Å². The first-order valence-corrected chi connectivity index (χ1v) is 8.36. The zero-order valence-electron chi connectivity index (χ0n) is 14.2. The van der Waals surface area contributed by atoms with Gasteiger partial charge in [-0.3, -0.25) is 9.69 Å². The molecule has 138 valence electrons. The Hall–Kier alpha value is -2.54. The van der Waals surface area contributed by atoms with E-state index < -0.39 is 11.7 Å². The van der Waals surface area contributed by atoms with Gasteiger partial charge in [-0.15, -0.1) is 0 Å². The van der Waals surface area contributed by atoms with Crippen LogP contribution >= 0.6 is 0 Å². The SMILES string of the molecule is Nc1ccc(C(=O)N2CCN(Cc3ccc(C(F)(F)F)cc3)CC2)cc1. The highest BCUT2D eigenvalue weighted by Gasteiger charge is 2.30. The molecule has 2 aromatic rings. The van der Waals surface area contributed by atoms with Crippen LogP contribution in [0, 0.1) is 0 Å². The molecule has 4 nitrogen and oxygen atoms in total. The minimum Gasteiger partial charge on any atom is -0.399 e. The number of hydrogen-bond donors (Lipinski definition) is 1. The summed E-state index contributed by atoms with van der Waals surface area (Å²) in [5.41, 5.74) is 7.05. The molecule has 1 fully saturated rings. The molecule has 0 atom stereocenters. The molecule has 0 spiro atoms. The van der Waals surface area contributed by atoms with Crippen molar-refractivity contribution in [1.29, 1.82) is 0 Å². The minimum atomic E-state index is -4.31. The maximum Gasteiger partial charge on any atom is 0.416 e. The number of nitrogens with two attached hydrogens (primary N) is 1. The lowest BCUT2D eigenvalue weighted by Crippen LogP contribution is -2.48. The molecule has 1 heterocycles. The quantitative estimate of drug-likeness (QED) is 0.852. The monoisotopic (exact) mass is 363 g/mol. The van der Waals surface area contributed by atoms with E-state index in [0.29, 0.717) is 44.0 Å². The number of piperazine rings is 1. The number of carbonyl (C=O) groups is 1. The van der Waals surface area contributed by atoms with Gasteiger partial charge < -0.3 is 10.6 Å². The zero-order valence-corrected chi connectivity index (χ0v) is 14.2. The fourth-order valence-electron chi connectivity index (χ4n) is 2.97. The zero-order chi connectivity index (χ0) is 18.7. The Kier molecular flexibility index (Phi) is 5.18. The van der Waals surface area contributed by atoms with Crippen molar-refractivity contribution in [3.05, 3.63) is 65.2 Å². The number of carbonyl (C=O) groups excluding carboxylic acids is 1. The molecule has 0 saturated carbocycles. The number of amides is 1. The molecule has 26 heavy (non-hydrogen) atoms. The second-order valence-electron chi connectivity index (χ2n) is 6.39. The minimum absolute atomic E-state index is 0.0285. The summed E-state index contributed by atoms with van der Waals surface area (Å²) < 4.78 is 37.8. The lowest BCUT2D eigenvalue weighted by molar-refractivity contribution is -0.137. The van der Waals surface area contributed by atoms with Crippen molar-refractivity contribution in [2.45, 2.75) is 12.7 Å². The van der Waals surface area contributed by atoms with E-state index in [0.717, 1.165) is 17.7 Å². The van der Waals surface area contributed by atoms with E-state index in [1.165, 1.54) is 12.1 Å². The second-order valence-corrected chi connectivity index (χ2v) is 6.39. The van der Waals surface area contributed by atoms with Crippen LogP contribution in [0.2, 0.25) is 0 Å². The Balaban J connectivity index is 1.53. The van der Waals surface area contributed by atoms with E-state index in [2.05, 4.69) is 4.90 Å². The average molecular weight is 363 g/mol. The second kappa shape index (κ2) is 7.37. The first-order valence-electron chi connectivity index (χ1n) is 8.36. The molecule has 1 aliphatic heterocycles. The maximum atomic E-state index is 12.6. The number of nitrogen functional groups attached to an aromatic ring is 1. The lowest BCUT2D eigenvalue weighted by Gasteiger charge is -2.34. The third-order valence-electron chi connectivity index (χ3n) is 4.50. The van der Waals surface area contributed by atoms with E-state index in [4.69, 9.17) is 5.73 Å². The number of hydrogen-bond acceptors (Lipinski definition) is 3. The van der Waals surface area contributed by atoms with E-state index in [-0.39, 0.29) is 5.91 Å². The van der Waals surface area contributed by atoms with Gasteiger partial charge in [0.2, 0.25) is 0 Å². The van der Waals surface area contributed by atoms with E-state index in [1.54, 1.807) is 29.2 Å². The van der Waals surface area contributed by atoms with E-state index >= 15 is 0 Å². The van der Waals surface area contributed by atoms with Gasteiger partial charge in [0.15, 0.2) is 0 Å². The normalized spacial score (nSPS) is 15.9. The summed E-state index contributed by atoms with van der Waals surface area (Å²) >= 11 is 0. The molecule has 1 saturated heterocycles. The number of rotatable bonds is 3. The van der Waals surface area contributed by atoms with Crippen LogP contribution in [0.1, 0.15) is 21.5 Å². The smallest absolute Gasteiger partial charge is 0.399 e. The highest BCUT2D eigenvalue weighted by atomic mass is 19.4. The van der Waals surface area contributed by atoms with Crippen LogP contribution in [0.5, 0.6) is 0 Å². The van der Waals surface area contributed by atoms with Gasteiger partial charge >= 0.3 is 6.18 Å². The predicted molar refractivity (Wildman–Crippen MR) is 93.5 cm³/mol. The highest BCUT2D eigenvalue weighted by molar-refractivity contribution is 5.94. The molecule has 2 aromatic carbocycles. The van der Waals surface area contributed by atoms with Gasteiger partial charge in [-0.05, 0) is 42.0 Å². The molecule has 1 aliphatic rings. The summed E-state index contributed by atoms with van der Waals surface area (Å²) in [6.07, 6.45) is -4.31. The van der Waals surface area contributed by atoms with Gasteiger partial charge in [-0.25, -0.2) is 0 Å². The fraction of sp³-hybridized carbons (Fsp3) is 0.316. The number of halogens is 3. The molecule has 0 bridgehead atoms. The van der Waals surface area contributed by atoms with Gasteiger partial charge in [-0.1, -0.05) is 12.1 Å². The van der Waals surface area contributed by atoms with Crippen molar-refractivity contribution >= 4 is 11.6 Å². The van der Waals surface area contributed by atoms with Crippen molar-refractivity contribution in [2.24, 2.45) is 0 Å². The standard InChI is InChI=1S/C19H20F3N3O/c20-19(21,22)16-5-1-14(2-6-16)13-24-9-11-25(12-10-24)18(26)15-3-7-17(23)8-4-15/h1-8H,9-13,23H2. The molecule has 1 amide bonds. The number of benzene rings is 2. The summed E-state index contributed by atoms with van der Waals surface area (Å²) in [6, 6.07) is 12.1. The van der Waals surface area contributed by atoms with Gasteiger partial charge in [0, 0.05) is 44.0 Å². The predicted octanol–water partition coefficient (Wildman–Crippen LogP) is 3.25. The molecule has 0 unspecified atom stereocenters. The molecule has 7 heteroatoms. The van der Waals surface area contributed by atoms with Crippen LogP contribution in [0.15, 0.2) is 48.5 Å². The van der Waals surface area contributed by atoms with Crippen LogP contribution in [0.3, 0.4) is 0 Å². The van der Waals surface area contributed by atoms with Crippen molar-refractivity contribution < 1.29 is 18.0 Å². The van der Waals surface area contributed by atoms with Gasteiger partial charge in [0.25, 0.3) is 5.91 Å². The number of alkyl halides is 3. The highest BCUT2D eigenvalue weighted by Crippen LogP contribution is 2.29. The average Bonchev–Trinajstić information content (AvgIpc) is 2.62. The van der Waals surface area contributed by atoms with Crippen LogP contribution in [-0.2, 0) is 12.7 Å². The van der Waals surface area contributed by atoms with E-state index in [9.17, 15) is 18.0 Å². The van der Waals surface area contributed by atoms with Crippen LogP contribution in [-0.4, -0.2) is 41.9 Å². The third-order valence-corrected chi connectivity index (χ3v) is 4.50. The topological polar surface area (TPSA) is 49.6 Å². The molecule has 3 rings (SSSR count). The molecule has 0 radical (unpaired) electrons. The number of nitrogens with zero attached hydrogens (tertiary/aromatic N) is 2. The first-order chi connectivity index (χ1) is 12.3. The van der Waals surface area contributed by atoms with Crippen molar-refractivity contribution in [1.82, 2.24) is 9.80 Å². The summed E-state index contributed by atoms with van der Waals surface area (Å²) in [4.78, 5) is 16.4. The lowest BCUT2D eigenvalue weighted by atomic mass is 10.1. The van der Waals surface area contributed by atoms with Gasteiger partial charge in [-0.2, -0.15) is 13.2 Å².